The molecule has 0 unspecified atom stereocenters. The van der Waals surface area contributed by atoms with Gasteiger partial charge >= 0.3 is 0 Å². The number of halogens is 1. The molecule has 0 aliphatic heterocycles. The minimum absolute atomic E-state index is 0.0175. The molecule has 0 saturated carbocycles. The molecule has 156 valence electrons. The highest BCUT2D eigenvalue weighted by molar-refractivity contribution is 7.13. The number of hydrogen-bond acceptors (Lipinski definition) is 5. The number of benzene rings is 2. The van der Waals surface area contributed by atoms with Gasteiger partial charge in [0.05, 0.1) is 10.6 Å². The molecule has 0 fully saturated rings. The van der Waals surface area contributed by atoms with E-state index in [1.165, 1.54) is 28.2 Å². The zero-order valence-corrected chi connectivity index (χ0v) is 17.3. The predicted octanol–water partition coefficient (Wildman–Crippen LogP) is 4.74. The normalized spacial score (nSPS) is 10.6. The highest BCUT2D eigenvalue weighted by Gasteiger charge is 2.19. The van der Waals surface area contributed by atoms with E-state index in [0.29, 0.717) is 29.3 Å². The van der Waals surface area contributed by atoms with Crippen LogP contribution in [0.3, 0.4) is 0 Å². The molecule has 0 saturated heterocycles. The van der Waals surface area contributed by atoms with Gasteiger partial charge in [-0.3, -0.25) is 9.59 Å². The summed E-state index contributed by atoms with van der Waals surface area (Å²) in [4.78, 5) is 29.5. The van der Waals surface area contributed by atoms with Gasteiger partial charge < -0.3 is 10.6 Å². The van der Waals surface area contributed by atoms with E-state index in [1.807, 2.05) is 17.5 Å². The summed E-state index contributed by atoms with van der Waals surface area (Å²) in [5.41, 5.74) is 1.77. The van der Waals surface area contributed by atoms with E-state index < -0.39 is 5.91 Å². The van der Waals surface area contributed by atoms with Crippen LogP contribution in [0.2, 0.25) is 0 Å². The number of anilines is 2. The van der Waals surface area contributed by atoms with Gasteiger partial charge in [-0.2, -0.15) is 0 Å². The number of thiophene rings is 1. The summed E-state index contributed by atoms with van der Waals surface area (Å²) in [5, 5.41) is 11.8. The maximum atomic E-state index is 13.3. The van der Waals surface area contributed by atoms with E-state index in [4.69, 9.17) is 0 Å². The molecule has 0 aliphatic rings. The summed E-state index contributed by atoms with van der Waals surface area (Å²) < 4.78 is 14.9. The number of nitrogens with one attached hydrogen (secondary N) is 2. The van der Waals surface area contributed by atoms with Crippen molar-refractivity contribution < 1.29 is 14.0 Å². The minimum Gasteiger partial charge on any atom is -0.326 e. The van der Waals surface area contributed by atoms with Crippen LogP contribution in [0.25, 0.3) is 16.4 Å². The van der Waals surface area contributed by atoms with Crippen molar-refractivity contribution in [1.29, 1.82) is 0 Å². The van der Waals surface area contributed by atoms with Crippen molar-refractivity contribution in [3.05, 3.63) is 77.7 Å². The lowest BCUT2D eigenvalue weighted by Gasteiger charge is -2.06. The minimum atomic E-state index is -0.482. The molecule has 4 aromatic rings. The van der Waals surface area contributed by atoms with E-state index >= 15 is 0 Å². The van der Waals surface area contributed by atoms with Gasteiger partial charge in [0.15, 0.2) is 5.82 Å². The lowest BCUT2D eigenvalue weighted by molar-refractivity contribution is -0.115. The first-order chi connectivity index (χ1) is 15.0. The highest BCUT2D eigenvalue weighted by atomic mass is 32.1. The van der Waals surface area contributed by atoms with Gasteiger partial charge in [-0.1, -0.05) is 13.0 Å². The maximum absolute atomic E-state index is 13.3. The van der Waals surface area contributed by atoms with E-state index in [-0.39, 0.29) is 17.5 Å². The Morgan fingerprint density at radius 3 is 2.29 bits per heavy atom. The first-order valence-corrected chi connectivity index (χ1v) is 10.4. The maximum Gasteiger partial charge on any atom is 0.295 e. The highest BCUT2D eigenvalue weighted by Crippen LogP contribution is 2.26. The molecule has 4 rings (SSSR count). The number of amides is 2. The van der Waals surface area contributed by atoms with Crippen molar-refractivity contribution in [3.63, 3.8) is 0 Å². The summed E-state index contributed by atoms with van der Waals surface area (Å²) in [7, 11) is 0. The Hall–Kier alpha value is -3.85. The monoisotopic (exact) mass is 435 g/mol. The van der Waals surface area contributed by atoms with Gasteiger partial charge in [0.1, 0.15) is 5.82 Å². The van der Waals surface area contributed by atoms with E-state index in [2.05, 4.69) is 20.7 Å². The second-order valence-electron chi connectivity index (χ2n) is 6.56. The molecular weight excluding hydrogens is 417 g/mol. The van der Waals surface area contributed by atoms with Gasteiger partial charge in [0.2, 0.25) is 11.7 Å². The summed E-state index contributed by atoms with van der Waals surface area (Å²) in [6, 6.07) is 16.3. The average molecular weight is 435 g/mol. The molecule has 2 amide bonds. The molecule has 0 radical (unpaired) electrons. The molecule has 0 aliphatic carbocycles. The summed E-state index contributed by atoms with van der Waals surface area (Å²) >= 11 is 1.46. The lowest BCUT2D eigenvalue weighted by atomic mass is 10.2. The van der Waals surface area contributed by atoms with Crippen LogP contribution >= 0.6 is 11.3 Å². The Morgan fingerprint density at radius 1 is 1.00 bits per heavy atom. The topological polar surface area (TPSA) is 88.9 Å². The molecular formula is C22H18FN5O2S. The summed E-state index contributed by atoms with van der Waals surface area (Å²) in [6.45, 7) is 1.77. The third-order valence-corrected chi connectivity index (χ3v) is 5.24. The van der Waals surface area contributed by atoms with Crippen LogP contribution in [-0.4, -0.2) is 26.6 Å². The molecule has 2 heterocycles. The van der Waals surface area contributed by atoms with Crippen LogP contribution in [0.1, 0.15) is 24.0 Å². The van der Waals surface area contributed by atoms with Crippen LogP contribution in [0.15, 0.2) is 66.0 Å². The molecule has 0 bridgehead atoms. The van der Waals surface area contributed by atoms with Crippen molar-refractivity contribution in [1.82, 2.24) is 14.8 Å². The first-order valence-electron chi connectivity index (χ1n) is 9.51. The fourth-order valence-electron chi connectivity index (χ4n) is 2.81. The number of rotatable bonds is 6. The largest absolute Gasteiger partial charge is 0.326 e. The van der Waals surface area contributed by atoms with Crippen molar-refractivity contribution in [3.8, 4) is 16.4 Å². The predicted molar refractivity (Wildman–Crippen MR) is 118 cm³/mol. The molecule has 9 heteroatoms. The Morgan fingerprint density at radius 2 is 1.68 bits per heavy atom. The molecule has 2 aromatic carbocycles. The Kier molecular flexibility index (Phi) is 5.85. The second kappa shape index (κ2) is 8.88. The van der Waals surface area contributed by atoms with Crippen molar-refractivity contribution in [2.45, 2.75) is 13.3 Å². The Bertz CT molecular complexity index is 1200. The van der Waals surface area contributed by atoms with Crippen LogP contribution in [0.4, 0.5) is 15.8 Å². The van der Waals surface area contributed by atoms with Crippen molar-refractivity contribution in [2.24, 2.45) is 0 Å². The Labute approximate surface area is 181 Å². The average Bonchev–Trinajstić information content (AvgIpc) is 3.45. The first kappa shape index (κ1) is 20.4. The van der Waals surface area contributed by atoms with E-state index in [0.717, 1.165) is 4.88 Å². The van der Waals surface area contributed by atoms with Gasteiger partial charge in [-0.05, 0) is 60.0 Å². The van der Waals surface area contributed by atoms with Crippen LogP contribution in [-0.2, 0) is 4.79 Å². The number of carbonyl (C=O) groups excluding carboxylic acids is 2. The fourth-order valence-corrected chi connectivity index (χ4v) is 3.51. The third kappa shape index (κ3) is 4.67. The molecule has 0 spiro atoms. The molecule has 2 aromatic heterocycles. The number of nitrogens with zero attached hydrogens (tertiary/aromatic N) is 3. The van der Waals surface area contributed by atoms with E-state index in [1.54, 1.807) is 43.3 Å². The second-order valence-corrected chi connectivity index (χ2v) is 7.51. The number of hydrogen-bond donors (Lipinski definition) is 2. The van der Waals surface area contributed by atoms with Crippen LogP contribution in [0, 0.1) is 5.82 Å². The third-order valence-electron chi connectivity index (χ3n) is 4.37. The molecule has 7 nitrogen and oxygen atoms in total. The van der Waals surface area contributed by atoms with Gasteiger partial charge in [-0.15, -0.1) is 16.4 Å². The summed E-state index contributed by atoms with van der Waals surface area (Å²) in [5.74, 6) is -0.462. The molecule has 2 N–H and O–H groups in total. The quantitative estimate of drug-likeness (QED) is 0.458. The van der Waals surface area contributed by atoms with Crippen LogP contribution < -0.4 is 10.6 Å². The zero-order chi connectivity index (χ0) is 21.8. The SMILES string of the molecule is CCC(=O)Nc1ccc(NC(=O)c2nc(-c3cccs3)n(-c3ccc(F)cc3)n2)cc1. The van der Waals surface area contributed by atoms with Crippen LogP contribution in [0.5, 0.6) is 0 Å². The molecule has 0 atom stereocenters. The number of carbonyl (C=O) groups is 2. The van der Waals surface area contributed by atoms with Crippen molar-refractivity contribution >= 4 is 34.5 Å². The Balaban J connectivity index is 1.59. The number of aromatic nitrogens is 3. The lowest BCUT2D eigenvalue weighted by Crippen LogP contribution is -2.14. The van der Waals surface area contributed by atoms with Gasteiger partial charge in [0.25, 0.3) is 5.91 Å². The standard InChI is InChI=1S/C22H18FN5O2S/c1-2-19(29)24-15-7-9-16(10-8-15)25-22(30)20-26-21(18-4-3-13-31-18)28(27-20)17-11-5-14(23)6-12-17/h3-13H,2H2,1H3,(H,24,29)(H,25,30). The van der Waals surface area contributed by atoms with Crippen molar-refractivity contribution in [2.75, 3.05) is 10.6 Å². The summed E-state index contributed by atoms with van der Waals surface area (Å²) in [6.07, 6.45) is 0.382. The smallest absolute Gasteiger partial charge is 0.295 e. The van der Waals surface area contributed by atoms with Gasteiger partial charge in [0, 0.05) is 17.8 Å². The van der Waals surface area contributed by atoms with Gasteiger partial charge in [-0.25, -0.2) is 14.1 Å². The zero-order valence-electron chi connectivity index (χ0n) is 16.5. The molecule has 31 heavy (non-hydrogen) atoms. The van der Waals surface area contributed by atoms with E-state index in [9.17, 15) is 14.0 Å². The fraction of sp³-hybridized carbons (Fsp3) is 0.0909.